The third-order valence-electron chi connectivity index (χ3n) is 4.09. The summed E-state index contributed by atoms with van der Waals surface area (Å²) < 4.78 is 6.04. The molecule has 0 radical (unpaired) electrons. The third-order valence-corrected chi connectivity index (χ3v) is 4.09. The van der Waals surface area contributed by atoms with E-state index in [0.717, 1.165) is 23.3 Å². The van der Waals surface area contributed by atoms with E-state index in [4.69, 9.17) is 11.3 Å². The molecule has 0 fully saturated rings. The molecule has 0 N–H and O–H groups in total. The number of nitrogens with zero attached hydrogens (tertiary/aromatic N) is 1. The molecular weight excluding hydrogens is 270 g/mol. The van der Waals surface area contributed by atoms with Crippen LogP contribution in [0.1, 0.15) is 55.8 Å². The van der Waals surface area contributed by atoms with Crippen molar-refractivity contribution in [1.29, 1.82) is 0 Å². The monoisotopic (exact) mass is 293 g/mol. The van der Waals surface area contributed by atoms with Crippen LogP contribution in [0.25, 0.3) is 4.85 Å². The van der Waals surface area contributed by atoms with Crippen molar-refractivity contribution >= 4 is 0 Å². The van der Waals surface area contributed by atoms with E-state index in [9.17, 15) is 0 Å². The largest absolute Gasteiger partial charge is 0.489 e. The van der Waals surface area contributed by atoms with E-state index in [0.29, 0.717) is 12.5 Å². The summed E-state index contributed by atoms with van der Waals surface area (Å²) >= 11 is 0. The van der Waals surface area contributed by atoms with Crippen LogP contribution in [0.3, 0.4) is 0 Å². The zero-order valence-corrected chi connectivity index (χ0v) is 13.5. The molecule has 2 unspecified atom stereocenters. The highest BCUT2D eigenvalue weighted by atomic mass is 16.5. The Morgan fingerprint density at radius 2 is 1.82 bits per heavy atom. The molecule has 2 atom stereocenters. The van der Waals surface area contributed by atoms with Crippen LogP contribution in [0.2, 0.25) is 0 Å². The highest BCUT2D eigenvalue weighted by molar-refractivity contribution is 5.41. The highest BCUT2D eigenvalue weighted by Crippen LogP contribution is 2.32. The predicted molar refractivity (Wildman–Crippen MR) is 90.9 cm³/mol. The molecule has 2 nitrogen and oxygen atoms in total. The fourth-order valence-electron chi connectivity index (χ4n) is 2.37. The van der Waals surface area contributed by atoms with Crippen molar-refractivity contribution in [2.45, 2.75) is 45.8 Å². The molecular formula is C20H23NO. The Kier molecular flexibility index (Phi) is 5.61. The molecule has 0 saturated carbocycles. The smallest absolute Gasteiger partial charge is 0.245 e. The Morgan fingerprint density at radius 3 is 2.45 bits per heavy atom. The lowest BCUT2D eigenvalue weighted by Gasteiger charge is -2.17. The maximum Gasteiger partial charge on any atom is 0.245 e. The van der Waals surface area contributed by atoms with Gasteiger partial charge in [0.2, 0.25) is 6.04 Å². The van der Waals surface area contributed by atoms with E-state index in [-0.39, 0.29) is 6.04 Å². The van der Waals surface area contributed by atoms with Crippen LogP contribution >= 0.6 is 0 Å². The lowest BCUT2D eigenvalue weighted by atomic mass is 9.94. The molecule has 114 valence electrons. The summed E-state index contributed by atoms with van der Waals surface area (Å²) in [5, 5.41) is 0. The zero-order valence-electron chi connectivity index (χ0n) is 13.5. The second-order valence-corrected chi connectivity index (χ2v) is 5.69. The summed E-state index contributed by atoms with van der Waals surface area (Å²) in [6.45, 7) is 14.1. The summed E-state index contributed by atoms with van der Waals surface area (Å²) in [5.41, 5.74) is 3.43. The van der Waals surface area contributed by atoms with Crippen LogP contribution in [0.15, 0.2) is 48.5 Å². The van der Waals surface area contributed by atoms with E-state index in [1.165, 1.54) is 5.56 Å². The van der Waals surface area contributed by atoms with Gasteiger partial charge in [0.1, 0.15) is 12.4 Å². The normalized spacial score (nSPS) is 13.2. The van der Waals surface area contributed by atoms with Gasteiger partial charge < -0.3 is 9.58 Å². The molecule has 2 aromatic carbocycles. The molecule has 0 heterocycles. The lowest BCUT2D eigenvalue weighted by molar-refractivity contribution is 0.301. The highest BCUT2D eigenvalue weighted by Gasteiger charge is 2.16. The van der Waals surface area contributed by atoms with Crippen molar-refractivity contribution in [3.63, 3.8) is 0 Å². The first-order chi connectivity index (χ1) is 10.7. The number of ether oxygens (including phenoxy) is 1. The zero-order chi connectivity index (χ0) is 15.9. The van der Waals surface area contributed by atoms with Gasteiger partial charge in [-0.1, -0.05) is 44.2 Å². The van der Waals surface area contributed by atoms with E-state index >= 15 is 0 Å². The van der Waals surface area contributed by atoms with Crippen molar-refractivity contribution in [2.24, 2.45) is 0 Å². The van der Waals surface area contributed by atoms with E-state index < -0.39 is 0 Å². The van der Waals surface area contributed by atoms with Gasteiger partial charge >= 0.3 is 0 Å². The van der Waals surface area contributed by atoms with Gasteiger partial charge in [-0.25, -0.2) is 6.57 Å². The molecule has 0 spiro atoms. The van der Waals surface area contributed by atoms with Crippen molar-refractivity contribution in [3.05, 3.63) is 76.6 Å². The maximum atomic E-state index is 7.21. The molecule has 0 aliphatic carbocycles. The number of benzene rings is 2. The Morgan fingerprint density at radius 1 is 1.09 bits per heavy atom. The topological polar surface area (TPSA) is 13.6 Å². The van der Waals surface area contributed by atoms with Crippen LogP contribution in [0.5, 0.6) is 5.75 Å². The van der Waals surface area contributed by atoms with E-state index in [2.05, 4.69) is 36.9 Å². The molecule has 0 amide bonds. The molecule has 0 aliphatic heterocycles. The summed E-state index contributed by atoms with van der Waals surface area (Å²) in [6.07, 6.45) is 1.05. The Hall–Kier alpha value is -2.27. The van der Waals surface area contributed by atoms with Crippen LogP contribution in [-0.4, -0.2) is 0 Å². The van der Waals surface area contributed by atoms with Gasteiger partial charge in [0, 0.05) is 12.5 Å². The van der Waals surface area contributed by atoms with Crippen molar-refractivity contribution in [3.8, 4) is 5.75 Å². The van der Waals surface area contributed by atoms with Gasteiger partial charge in [-0.3, -0.25) is 0 Å². The predicted octanol–water partition coefficient (Wildman–Crippen LogP) is 5.76. The SMILES string of the molecule is [C-]#[N+]C(C)c1ccc(OCc2ccccc2)c(C(C)CC)c1. The van der Waals surface area contributed by atoms with Crippen molar-refractivity contribution < 1.29 is 4.74 Å². The van der Waals surface area contributed by atoms with Crippen molar-refractivity contribution in [2.75, 3.05) is 0 Å². The van der Waals surface area contributed by atoms with Gasteiger partial charge in [-0.2, -0.15) is 0 Å². The molecule has 0 saturated heterocycles. The van der Waals surface area contributed by atoms with E-state index in [1.807, 2.05) is 37.3 Å². The molecule has 22 heavy (non-hydrogen) atoms. The fourth-order valence-corrected chi connectivity index (χ4v) is 2.37. The fraction of sp³-hybridized carbons (Fsp3) is 0.350. The molecule has 2 heteroatoms. The van der Waals surface area contributed by atoms with Crippen LogP contribution in [0.4, 0.5) is 0 Å². The molecule has 0 bridgehead atoms. The minimum absolute atomic E-state index is 0.106. The summed E-state index contributed by atoms with van der Waals surface area (Å²) in [7, 11) is 0. The van der Waals surface area contributed by atoms with Crippen LogP contribution < -0.4 is 4.74 Å². The second-order valence-electron chi connectivity index (χ2n) is 5.69. The summed E-state index contributed by atoms with van der Waals surface area (Å²) in [4.78, 5) is 3.62. The average Bonchev–Trinajstić information content (AvgIpc) is 2.59. The Bertz CT molecular complexity index is 643. The van der Waals surface area contributed by atoms with Gasteiger partial charge in [0.15, 0.2) is 0 Å². The number of hydrogen-bond donors (Lipinski definition) is 0. The minimum Gasteiger partial charge on any atom is -0.489 e. The quantitative estimate of drug-likeness (QED) is 0.617. The second kappa shape index (κ2) is 7.66. The standard InChI is InChI=1S/C20H23NO/c1-5-15(2)19-13-18(16(3)21-4)11-12-20(19)22-14-17-9-7-6-8-10-17/h6-13,15-16H,5,14H2,1-3H3. The average molecular weight is 293 g/mol. The molecule has 0 aromatic heterocycles. The molecule has 2 rings (SSSR count). The minimum atomic E-state index is -0.106. The third kappa shape index (κ3) is 3.89. The number of hydrogen-bond acceptors (Lipinski definition) is 1. The lowest BCUT2D eigenvalue weighted by Crippen LogP contribution is -2.02. The maximum absolute atomic E-state index is 7.21. The number of rotatable bonds is 6. The Balaban J connectivity index is 2.24. The van der Waals surface area contributed by atoms with Crippen LogP contribution in [0, 0.1) is 6.57 Å². The summed E-state index contributed by atoms with van der Waals surface area (Å²) in [5.74, 6) is 1.35. The van der Waals surface area contributed by atoms with Crippen LogP contribution in [-0.2, 0) is 6.61 Å². The summed E-state index contributed by atoms with van der Waals surface area (Å²) in [6, 6.07) is 16.2. The molecule has 0 aliphatic rings. The van der Waals surface area contributed by atoms with Gasteiger partial charge in [-0.05, 0) is 41.7 Å². The van der Waals surface area contributed by atoms with Gasteiger partial charge in [0.25, 0.3) is 0 Å². The van der Waals surface area contributed by atoms with E-state index in [1.54, 1.807) is 0 Å². The first-order valence-corrected chi connectivity index (χ1v) is 7.82. The first-order valence-electron chi connectivity index (χ1n) is 7.82. The van der Waals surface area contributed by atoms with Gasteiger partial charge in [-0.15, -0.1) is 0 Å². The van der Waals surface area contributed by atoms with Gasteiger partial charge in [0.05, 0.1) is 0 Å². The van der Waals surface area contributed by atoms with Crippen molar-refractivity contribution in [1.82, 2.24) is 0 Å². The molecule has 2 aromatic rings. The Labute approximate surface area is 133 Å². The first kappa shape index (κ1) is 16.1.